The summed E-state index contributed by atoms with van der Waals surface area (Å²) in [7, 11) is 0. The Bertz CT molecular complexity index is 506. The van der Waals surface area contributed by atoms with Crippen molar-refractivity contribution in [1.29, 1.82) is 0 Å². The molecule has 0 aromatic carbocycles. The Hall–Kier alpha value is -2.48. The normalized spacial score (nSPS) is 13.2. The van der Waals surface area contributed by atoms with Crippen molar-refractivity contribution in [3.8, 4) is 0 Å². The van der Waals surface area contributed by atoms with Crippen molar-refractivity contribution in [3.63, 3.8) is 0 Å². The van der Waals surface area contributed by atoms with E-state index < -0.39 is 29.9 Å². The molecule has 8 nitrogen and oxygen atoms in total. The number of nitrogens with two attached hydrogens (primary N) is 1. The van der Waals surface area contributed by atoms with Crippen LogP contribution in [0.1, 0.15) is 18.4 Å². The molecule has 1 heterocycles. The topological polar surface area (TPSA) is 143 Å². The zero-order valence-electron chi connectivity index (χ0n) is 11.2. The highest BCUT2D eigenvalue weighted by Crippen LogP contribution is 2.03. The van der Waals surface area contributed by atoms with Gasteiger partial charge in [-0.1, -0.05) is 6.07 Å². The number of carboxylic acid groups (broad SMARTS) is 2. The molecule has 0 aliphatic heterocycles. The Morgan fingerprint density at radius 1 is 1.33 bits per heavy atom. The minimum absolute atomic E-state index is 0.0552. The fourth-order valence-electron chi connectivity index (χ4n) is 1.64. The van der Waals surface area contributed by atoms with Crippen LogP contribution in [0.3, 0.4) is 0 Å². The molecule has 0 aliphatic carbocycles. The van der Waals surface area contributed by atoms with Gasteiger partial charge in [-0.05, 0) is 18.1 Å². The van der Waals surface area contributed by atoms with E-state index in [2.05, 4.69) is 10.3 Å². The molecular weight excluding hydrogens is 278 g/mol. The Labute approximate surface area is 121 Å². The number of pyridine rings is 1. The maximum atomic E-state index is 11.8. The first-order chi connectivity index (χ1) is 9.90. The molecule has 0 aliphatic rings. The van der Waals surface area contributed by atoms with E-state index in [0.29, 0.717) is 5.56 Å². The van der Waals surface area contributed by atoms with Crippen LogP contribution < -0.4 is 11.1 Å². The van der Waals surface area contributed by atoms with Crippen LogP contribution in [0.15, 0.2) is 24.5 Å². The largest absolute Gasteiger partial charge is 0.481 e. The van der Waals surface area contributed by atoms with Gasteiger partial charge in [-0.3, -0.25) is 14.6 Å². The van der Waals surface area contributed by atoms with Gasteiger partial charge in [0.1, 0.15) is 6.04 Å². The average molecular weight is 295 g/mol. The monoisotopic (exact) mass is 295 g/mol. The Morgan fingerprint density at radius 2 is 2.05 bits per heavy atom. The second-order valence-corrected chi connectivity index (χ2v) is 4.50. The van der Waals surface area contributed by atoms with E-state index in [1.54, 1.807) is 18.3 Å². The van der Waals surface area contributed by atoms with Crippen LogP contribution in [-0.2, 0) is 20.8 Å². The quantitative estimate of drug-likeness (QED) is 0.500. The van der Waals surface area contributed by atoms with Crippen LogP contribution >= 0.6 is 0 Å². The van der Waals surface area contributed by atoms with Crippen LogP contribution in [0, 0.1) is 0 Å². The molecule has 0 saturated heterocycles. The van der Waals surface area contributed by atoms with Gasteiger partial charge in [0.05, 0.1) is 6.04 Å². The zero-order chi connectivity index (χ0) is 15.8. The van der Waals surface area contributed by atoms with E-state index in [0.717, 1.165) is 0 Å². The predicted molar refractivity (Wildman–Crippen MR) is 72.4 cm³/mol. The molecule has 21 heavy (non-hydrogen) atoms. The fraction of sp³-hybridized carbons (Fsp3) is 0.385. The highest BCUT2D eigenvalue weighted by atomic mass is 16.4. The molecule has 1 aromatic rings. The van der Waals surface area contributed by atoms with Crippen molar-refractivity contribution < 1.29 is 24.6 Å². The van der Waals surface area contributed by atoms with Gasteiger partial charge in [-0.15, -0.1) is 0 Å². The van der Waals surface area contributed by atoms with Crippen molar-refractivity contribution in [3.05, 3.63) is 30.1 Å². The highest BCUT2D eigenvalue weighted by Gasteiger charge is 2.23. The second kappa shape index (κ2) is 7.95. The summed E-state index contributed by atoms with van der Waals surface area (Å²) in [6.45, 7) is 0. The van der Waals surface area contributed by atoms with Crippen LogP contribution in [0.25, 0.3) is 0 Å². The molecule has 0 spiro atoms. The molecule has 0 unspecified atom stereocenters. The minimum atomic E-state index is -1.20. The molecule has 2 atom stereocenters. The average Bonchev–Trinajstić information content (AvgIpc) is 2.44. The SMILES string of the molecule is N[C@@H](CCC(=O)O)C(=O)N[C@@H](Cc1cccnc1)C(=O)O. The molecule has 0 bridgehead atoms. The number of rotatable bonds is 8. The summed E-state index contributed by atoms with van der Waals surface area (Å²) in [5.41, 5.74) is 6.18. The van der Waals surface area contributed by atoms with Crippen LogP contribution in [-0.4, -0.2) is 45.1 Å². The molecule has 114 valence electrons. The van der Waals surface area contributed by atoms with Gasteiger partial charge in [-0.2, -0.15) is 0 Å². The van der Waals surface area contributed by atoms with Gasteiger partial charge in [0.15, 0.2) is 0 Å². The zero-order valence-corrected chi connectivity index (χ0v) is 11.2. The summed E-state index contributed by atoms with van der Waals surface area (Å²) < 4.78 is 0. The molecule has 1 amide bonds. The molecule has 8 heteroatoms. The minimum Gasteiger partial charge on any atom is -0.481 e. The molecule has 1 aromatic heterocycles. The number of carbonyl (C=O) groups excluding carboxylic acids is 1. The van der Waals surface area contributed by atoms with E-state index in [9.17, 15) is 14.4 Å². The van der Waals surface area contributed by atoms with Crippen molar-refractivity contribution in [1.82, 2.24) is 10.3 Å². The van der Waals surface area contributed by atoms with E-state index in [4.69, 9.17) is 15.9 Å². The standard InChI is InChI=1S/C13H17N3O5/c14-9(3-4-11(17)18)12(19)16-10(13(20)21)6-8-2-1-5-15-7-8/h1-2,5,7,9-10H,3-4,6,14H2,(H,16,19)(H,17,18)(H,20,21)/t9-,10-/m0/s1. The number of amides is 1. The van der Waals surface area contributed by atoms with Crippen LogP contribution in [0.4, 0.5) is 0 Å². The first-order valence-corrected chi connectivity index (χ1v) is 6.29. The summed E-state index contributed by atoms with van der Waals surface area (Å²) in [4.78, 5) is 37.2. The highest BCUT2D eigenvalue weighted by molar-refractivity contribution is 5.87. The van der Waals surface area contributed by atoms with Gasteiger partial charge in [0, 0.05) is 25.2 Å². The van der Waals surface area contributed by atoms with E-state index >= 15 is 0 Å². The molecular formula is C13H17N3O5. The van der Waals surface area contributed by atoms with Crippen molar-refractivity contribution >= 4 is 17.8 Å². The molecule has 0 saturated carbocycles. The lowest BCUT2D eigenvalue weighted by atomic mass is 10.1. The summed E-state index contributed by atoms with van der Waals surface area (Å²) in [5.74, 6) is -2.95. The number of hydrogen-bond acceptors (Lipinski definition) is 5. The molecule has 5 N–H and O–H groups in total. The number of nitrogens with zero attached hydrogens (tertiary/aromatic N) is 1. The lowest BCUT2D eigenvalue weighted by Gasteiger charge is -2.17. The Kier molecular flexibility index (Phi) is 6.28. The number of aliphatic carboxylic acids is 2. The number of carbonyl (C=O) groups is 3. The number of hydrogen-bond donors (Lipinski definition) is 4. The van der Waals surface area contributed by atoms with Gasteiger partial charge in [0.25, 0.3) is 0 Å². The van der Waals surface area contributed by atoms with Gasteiger partial charge < -0.3 is 21.3 Å². The summed E-state index contributed by atoms with van der Waals surface area (Å²) >= 11 is 0. The van der Waals surface area contributed by atoms with Gasteiger partial charge in [-0.25, -0.2) is 4.79 Å². The van der Waals surface area contributed by atoms with Crippen LogP contribution in [0.2, 0.25) is 0 Å². The van der Waals surface area contributed by atoms with E-state index in [-0.39, 0.29) is 19.3 Å². The summed E-state index contributed by atoms with van der Waals surface area (Å²) in [5, 5.41) is 19.9. The van der Waals surface area contributed by atoms with Crippen molar-refractivity contribution in [2.24, 2.45) is 5.73 Å². The number of nitrogens with one attached hydrogen (secondary N) is 1. The number of carboxylic acids is 2. The molecule has 0 radical (unpaired) electrons. The third kappa shape index (κ3) is 6.00. The van der Waals surface area contributed by atoms with E-state index in [1.807, 2.05) is 0 Å². The number of aromatic nitrogens is 1. The first kappa shape index (κ1) is 16.6. The summed E-state index contributed by atoms with van der Waals surface area (Å²) in [6, 6.07) is 1.16. The van der Waals surface area contributed by atoms with Crippen molar-refractivity contribution in [2.45, 2.75) is 31.3 Å². The predicted octanol–water partition coefficient (Wildman–Crippen LogP) is -0.614. The third-order valence-electron chi connectivity index (χ3n) is 2.78. The van der Waals surface area contributed by atoms with Gasteiger partial charge >= 0.3 is 11.9 Å². The Balaban J connectivity index is 2.60. The first-order valence-electron chi connectivity index (χ1n) is 6.29. The van der Waals surface area contributed by atoms with E-state index in [1.165, 1.54) is 6.20 Å². The van der Waals surface area contributed by atoms with Gasteiger partial charge in [0.2, 0.25) is 5.91 Å². The lowest BCUT2D eigenvalue weighted by Crippen LogP contribution is -2.49. The second-order valence-electron chi connectivity index (χ2n) is 4.50. The summed E-state index contributed by atoms with van der Waals surface area (Å²) in [6.07, 6.45) is 2.82. The maximum absolute atomic E-state index is 11.8. The molecule has 0 fully saturated rings. The van der Waals surface area contributed by atoms with Crippen molar-refractivity contribution in [2.75, 3.05) is 0 Å². The lowest BCUT2D eigenvalue weighted by molar-refractivity contribution is -0.142. The molecule has 1 rings (SSSR count). The fourth-order valence-corrected chi connectivity index (χ4v) is 1.64. The Morgan fingerprint density at radius 3 is 2.57 bits per heavy atom. The maximum Gasteiger partial charge on any atom is 0.326 e. The smallest absolute Gasteiger partial charge is 0.326 e. The third-order valence-corrected chi connectivity index (χ3v) is 2.78. The van der Waals surface area contributed by atoms with Crippen LogP contribution in [0.5, 0.6) is 0 Å².